The molecular weight excluding hydrogens is 234 g/mol. The van der Waals surface area contributed by atoms with Crippen molar-refractivity contribution in [2.45, 2.75) is 23.8 Å². The lowest BCUT2D eigenvalue weighted by Crippen LogP contribution is -2.38. The van der Waals surface area contributed by atoms with Crippen molar-refractivity contribution in [3.63, 3.8) is 0 Å². The molecule has 0 bridgehead atoms. The van der Waals surface area contributed by atoms with Crippen LogP contribution >= 0.6 is 11.8 Å². The average molecular weight is 247 g/mol. The average Bonchev–Trinajstić information content (AvgIpc) is 2.71. The van der Waals surface area contributed by atoms with E-state index < -0.39 is 10.0 Å². The summed E-state index contributed by atoms with van der Waals surface area (Å²) >= 11 is 1.79. The highest BCUT2D eigenvalue weighted by molar-refractivity contribution is 7.99. The monoisotopic (exact) mass is 247 g/mol. The molecule has 1 aromatic rings. The molecule has 1 atom stereocenters. The predicted molar refractivity (Wildman–Crippen MR) is 59.3 cm³/mol. The number of H-pyrrole nitrogens is 1. The number of sulfonamides is 1. The van der Waals surface area contributed by atoms with Gasteiger partial charge >= 0.3 is 0 Å². The lowest BCUT2D eigenvalue weighted by Gasteiger charge is -2.21. The zero-order chi connectivity index (χ0) is 10.7. The second-order valence-electron chi connectivity index (χ2n) is 3.47. The summed E-state index contributed by atoms with van der Waals surface area (Å²) in [7, 11) is -3.37. The summed E-state index contributed by atoms with van der Waals surface area (Å²) in [4.78, 5) is 0.207. The second-order valence-corrected chi connectivity index (χ2v) is 6.33. The zero-order valence-corrected chi connectivity index (χ0v) is 9.77. The molecule has 1 saturated heterocycles. The topological polar surface area (TPSA) is 74.8 Å². The van der Waals surface area contributed by atoms with Crippen molar-refractivity contribution < 1.29 is 8.42 Å². The number of nitrogens with zero attached hydrogens (tertiary/aromatic N) is 1. The zero-order valence-electron chi connectivity index (χ0n) is 8.14. The normalized spacial score (nSPS) is 22.8. The van der Waals surface area contributed by atoms with Crippen molar-refractivity contribution in [2.75, 3.05) is 11.5 Å². The van der Waals surface area contributed by atoms with E-state index in [0.29, 0.717) is 0 Å². The molecule has 1 fully saturated rings. The van der Waals surface area contributed by atoms with Gasteiger partial charge in [0.15, 0.2) is 0 Å². The van der Waals surface area contributed by atoms with Crippen LogP contribution in [0.1, 0.15) is 12.8 Å². The first kappa shape index (κ1) is 11.0. The van der Waals surface area contributed by atoms with E-state index in [0.717, 1.165) is 24.3 Å². The lowest BCUT2D eigenvalue weighted by molar-refractivity contribution is 0.543. The number of thioether (sulfide) groups is 1. The van der Waals surface area contributed by atoms with Gasteiger partial charge in [0.2, 0.25) is 10.0 Å². The highest BCUT2D eigenvalue weighted by Gasteiger charge is 2.22. The fourth-order valence-electron chi connectivity index (χ4n) is 1.51. The molecule has 0 aliphatic carbocycles. The van der Waals surface area contributed by atoms with E-state index >= 15 is 0 Å². The van der Waals surface area contributed by atoms with Gasteiger partial charge in [-0.2, -0.15) is 16.9 Å². The van der Waals surface area contributed by atoms with Crippen LogP contribution in [0.15, 0.2) is 17.3 Å². The molecule has 0 aromatic carbocycles. The van der Waals surface area contributed by atoms with Gasteiger partial charge in [-0.05, 0) is 18.6 Å². The highest BCUT2D eigenvalue weighted by Crippen LogP contribution is 2.18. The summed E-state index contributed by atoms with van der Waals surface area (Å²) < 4.78 is 26.3. The second kappa shape index (κ2) is 4.54. The van der Waals surface area contributed by atoms with Gasteiger partial charge in [-0.25, -0.2) is 13.1 Å². The van der Waals surface area contributed by atoms with Crippen LogP contribution in [0.25, 0.3) is 0 Å². The SMILES string of the molecule is O=S(=O)(NC1CCCSC1)c1cn[nH]c1. The van der Waals surface area contributed by atoms with E-state index in [-0.39, 0.29) is 10.9 Å². The van der Waals surface area contributed by atoms with Gasteiger partial charge in [-0.15, -0.1) is 0 Å². The van der Waals surface area contributed by atoms with E-state index in [1.54, 1.807) is 11.8 Å². The van der Waals surface area contributed by atoms with Gasteiger partial charge in [0.1, 0.15) is 4.90 Å². The molecule has 5 nitrogen and oxygen atoms in total. The minimum Gasteiger partial charge on any atom is -0.284 e. The number of hydrogen-bond acceptors (Lipinski definition) is 4. The summed E-state index contributed by atoms with van der Waals surface area (Å²) in [6.07, 6.45) is 4.70. The summed E-state index contributed by atoms with van der Waals surface area (Å²) in [6.45, 7) is 0. The molecule has 0 spiro atoms. The molecule has 1 unspecified atom stereocenters. The van der Waals surface area contributed by atoms with Gasteiger partial charge in [-0.3, -0.25) is 5.10 Å². The van der Waals surface area contributed by atoms with Crippen LogP contribution in [0, 0.1) is 0 Å². The van der Waals surface area contributed by atoms with Crippen LogP contribution < -0.4 is 4.72 Å². The molecule has 1 aromatic heterocycles. The summed E-state index contributed by atoms with van der Waals surface area (Å²) in [6, 6.07) is 0.0589. The fourth-order valence-corrected chi connectivity index (χ4v) is 3.86. The Morgan fingerprint density at radius 3 is 3.07 bits per heavy atom. The molecule has 2 rings (SSSR count). The summed E-state index contributed by atoms with van der Waals surface area (Å²) in [5.74, 6) is 1.99. The highest BCUT2D eigenvalue weighted by atomic mass is 32.2. The van der Waals surface area contributed by atoms with Crippen molar-refractivity contribution in [1.82, 2.24) is 14.9 Å². The van der Waals surface area contributed by atoms with Crippen LogP contribution in [-0.4, -0.2) is 36.2 Å². The van der Waals surface area contributed by atoms with Crippen molar-refractivity contribution in [3.05, 3.63) is 12.4 Å². The summed E-state index contributed by atoms with van der Waals surface area (Å²) in [5.41, 5.74) is 0. The van der Waals surface area contributed by atoms with E-state index in [1.807, 2.05) is 0 Å². The van der Waals surface area contributed by atoms with Crippen molar-refractivity contribution >= 4 is 21.8 Å². The lowest BCUT2D eigenvalue weighted by atomic mass is 10.2. The molecular formula is C8H13N3O2S2. The number of nitrogens with one attached hydrogen (secondary N) is 2. The number of aromatic nitrogens is 2. The first-order valence-electron chi connectivity index (χ1n) is 4.77. The molecule has 1 aliphatic heterocycles. The Labute approximate surface area is 93.1 Å². The predicted octanol–water partition coefficient (Wildman–Crippen LogP) is 0.584. The third-order valence-electron chi connectivity index (χ3n) is 2.27. The van der Waals surface area contributed by atoms with Crippen LogP contribution in [0.3, 0.4) is 0 Å². The van der Waals surface area contributed by atoms with Crippen LogP contribution in [0.5, 0.6) is 0 Å². The Kier molecular flexibility index (Phi) is 3.32. The van der Waals surface area contributed by atoms with Gasteiger partial charge in [0, 0.05) is 18.0 Å². The molecule has 15 heavy (non-hydrogen) atoms. The van der Waals surface area contributed by atoms with Crippen LogP contribution in [0.2, 0.25) is 0 Å². The molecule has 84 valence electrons. The number of aromatic amines is 1. The maximum atomic E-state index is 11.8. The quantitative estimate of drug-likeness (QED) is 0.819. The van der Waals surface area contributed by atoms with Crippen LogP contribution in [0.4, 0.5) is 0 Å². The Balaban J connectivity index is 2.04. The Morgan fingerprint density at radius 2 is 2.47 bits per heavy atom. The third kappa shape index (κ3) is 2.73. The summed E-state index contributed by atoms with van der Waals surface area (Å²) in [5, 5.41) is 6.13. The van der Waals surface area contributed by atoms with Crippen molar-refractivity contribution in [3.8, 4) is 0 Å². The molecule has 2 heterocycles. The fraction of sp³-hybridized carbons (Fsp3) is 0.625. The van der Waals surface area contributed by atoms with E-state index in [9.17, 15) is 8.42 Å². The molecule has 7 heteroatoms. The molecule has 0 saturated carbocycles. The standard InChI is InChI=1S/C8H13N3O2S2/c12-15(13,8-4-9-10-5-8)11-7-2-1-3-14-6-7/h4-5,7,11H,1-3,6H2,(H,9,10). The minimum absolute atomic E-state index is 0.0589. The Morgan fingerprint density at radius 1 is 1.60 bits per heavy atom. The third-order valence-corrected chi connectivity index (χ3v) is 4.97. The smallest absolute Gasteiger partial charge is 0.243 e. The van der Waals surface area contributed by atoms with Crippen LogP contribution in [-0.2, 0) is 10.0 Å². The van der Waals surface area contributed by atoms with Gasteiger partial charge < -0.3 is 0 Å². The largest absolute Gasteiger partial charge is 0.284 e. The number of hydrogen-bond donors (Lipinski definition) is 2. The van der Waals surface area contributed by atoms with Crippen molar-refractivity contribution in [1.29, 1.82) is 0 Å². The van der Waals surface area contributed by atoms with E-state index in [2.05, 4.69) is 14.9 Å². The maximum absolute atomic E-state index is 11.8. The van der Waals surface area contributed by atoms with Gasteiger partial charge in [0.25, 0.3) is 0 Å². The number of rotatable bonds is 3. The Bertz CT molecular complexity index is 396. The molecule has 0 amide bonds. The van der Waals surface area contributed by atoms with E-state index in [4.69, 9.17) is 0 Å². The van der Waals surface area contributed by atoms with E-state index in [1.165, 1.54) is 12.4 Å². The first-order chi connectivity index (χ1) is 7.18. The Hall–Kier alpha value is -0.530. The van der Waals surface area contributed by atoms with Crippen molar-refractivity contribution in [2.24, 2.45) is 0 Å². The maximum Gasteiger partial charge on any atom is 0.243 e. The molecule has 1 aliphatic rings. The minimum atomic E-state index is -3.37. The first-order valence-corrected chi connectivity index (χ1v) is 7.41. The van der Waals surface area contributed by atoms with Gasteiger partial charge in [-0.1, -0.05) is 0 Å². The molecule has 0 radical (unpaired) electrons. The van der Waals surface area contributed by atoms with Gasteiger partial charge in [0.05, 0.1) is 6.20 Å². The molecule has 2 N–H and O–H groups in total.